The zero-order valence-corrected chi connectivity index (χ0v) is 16.5. The van der Waals surface area contributed by atoms with Gasteiger partial charge in [0.15, 0.2) is 0 Å². The van der Waals surface area contributed by atoms with Crippen molar-refractivity contribution in [1.29, 1.82) is 0 Å². The van der Waals surface area contributed by atoms with Gasteiger partial charge >= 0.3 is 12.3 Å². The minimum Gasteiger partial charge on any atom is -0.444 e. The van der Waals surface area contributed by atoms with Crippen molar-refractivity contribution < 1.29 is 32.3 Å². The summed E-state index contributed by atoms with van der Waals surface area (Å²) < 4.78 is 44.2. The van der Waals surface area contributed by atoms with Crippen molar-refractivity contribution in [1.82, 2.24) is 4.90 Å². The Kier molecular flexibility index (Phi) is 6.76. The molecular weight excluding hydrogens is 391 g/mol. The molecule has 29 heavy (non-hydrogen) atoms. The lowest BCUT2D eigenvalue weighted by Crippen LogP contribution is -2.29. The van der Waals surface area contributed by atoms with Gasteiger partial charge in [-0.05, 0) is 45.4 Å². The zero-order chi connectivity index (χ0) is 21.8. The molecular formula is C19H24F3N3O4. The van der Waals surface area contributed by atoms with Crippen LogP contribution >= 0.6 is 0 Å². The largest absolute Gasteiger partial charge is 0.444 e. The van der Waals surface area contributed by atoms with Gasteiger partial charge in [-0.3, -0.25) is 14.9 Å². The molecule has 0 atom stereocenters. The molecule has 1 aliphatic rings. The molecule has 0 saturated carbocycles. The third kappa shape index (κ3) is 6.95. The first-order chi connectivity index (χ1) is 13.3. The van der Waals surface area contributed by atoms with E-state index in [2.05, 4.69) is 10.6 Å². The van der Waals surface area contributed by atoms with Gasteiger partial charge in [0.25, 0.3) is 0 Å². The van der Waals surface area contributed by atoms with E-state index >= 15 is 0 Å². The van der Waals surface area contributed by atoms with Crippen molar-refractivity contribution in [3.05, 3.63) is 23.8 Å². The number of carbonyl (C=O) groups excluding carboxylic acids is 3. The van der Waals surface area contributed by atoms with E-state index < -0.39 is 29.3 Å². The van der Waals surface area contributed by atoms with Crippen molar-refractivity contribution in [2.24, 2.45) is 0 Å². The number of halogens is 3. The molecule has 1 aromatic carbocycles. The third-order valence-corrected chi connectivity index (χ3v) is 4.04. The van der Waals surface area contributed by atoms with Crippen LogP contribution in [0.4, 0.5) is 29.3 Å². The third-order valence-electron chi connectivity index (χ3n) is 4.04. The number of anilines is 2. The van der Waals surface area contributed by atoms with E-state index in [4.69, 9.17) is 4.74 Å². The van der Waals surface area contributed by atoms with Gasteiger partial charge in [0.1, 0.15) is 5.60 Å². The molecule has 10 heteroatoms. The number of amides is 3. The number of hydrogen-bond acceptors (Lipinski definition) is 4. The van der Waals surface area contributed by atoms with Crippen LogP contribution < -0.4 is 10.6 Å². The van der Waals surface area contributed by atoms with E-state index in [0.29, 0.717) is 13.0 Å². The molecule has 160 valence electrons. The summed E-state index contributed by atoms with van der Waals surface area (Å²) in [5, 5.41) is 4.73. The van der Waals surface area contributed by atoms with Crippen molar-refractivity contribution in [2.45, 2.75) is 51.8 Å². The molecule has 1 aromatic rings. The number of likely N-dealkylation sites (tertiary alicyclic amines) is 1. The number of hydrogen-bond donors (Lipinski definition) is 2. The fourth-order valence-electron chi connectivity index (χ4n) is 2.74. The van der Waals surface area contributed by atoms with Crippen LogP contribution in [0.15, 0.2) is 18.2 Å². The van der Waals surface area contributed by atoms with Gasteiger partial charge in [0.05, 0.1) is 16.9 Å². The van der Waals surface area contributed by atoms with Gasteiger partial charge in [-0.2, -0.15) is 13.2 Å². The van der Waals surface area contributed by atoms with E-state index in [9.17, 15) is 27.6 Å². The molecule has 0 bridgehead atoms. The monoisotopic (exact) mass is 415 g/mol. The Hall–Kier alpha value is -2.78. The van der Waals surface area contributed by atoms with Crippen LogP contribution in [-0.2, 0) is 20.5 Å². The summed E-state index contributed by atoms with van der Waals surface area (Å²) in [6.07, 6.45) is -4.41. The van der Waals surface area contributed by atoms with E-state index in [0.717, 1.165) is 24.6 Å². The average molecular weight is 415 g/mol. The van der Waals surface area contributed by atoms with Crippen LogP contribution in [0.5, 0.6) is 0 Å². The van der Waals surface area contributed by atoms with E-state index in [1.165, 1.54) is 4.90 Å². The molecule has 2 N–H and O–H groups in total. The number of carbonyl (C=O) groups is 3. The summed E-state index contributed by atoms with van der Waals surface area (Å²) >= 11 is 0. The molecule has 3 amide bonds. The molecule has 1 fully saturated rings. The molecule has 0 aromatic heterocycles. The van der Waals surface area contributed by atoms with Crippen molar-refractivity contribution >= 4 is 29.3 Å². The number of alkyl halides is 3. The highest BCUT2D eigenvalue weighted by atomic mass is 19.4. The Bertz CT molecular complexity index is 788. The van der Waals surface area contributed by atoms with Gasteiger partial charge in [-0.25, -0.2) is 4.79 Å². The Balaban J connectivity index is 2.13. The number of rotatable bonds is 5. The Morgan fingerprint density at radius 1 is 1.14 bits per heavy atom. The minimum atomic E-state index is -4.62. The summed E-state index contributed by atoms with van der Waals surface area (Å²) in [5.41, 5.74) is -2.01. The number of nitrogens with one attached hydrogen (secondary N) is 2. The molecule has 0 radical (unpaired) electrons. The van der Waals surface area contributed by atoms with Crippen molar-refractivity contribution in [3.8, 4) is 0 Å². The first-order valence-electron chi connectivity index (χ1n) is 9.14. The van der Waals surface area contributed by atoms with Crippen molar-refractivity contribution in [2.75, 3.05) is 23.7 Å². The molecule has 0 spiro atoms. The van der Waals surface area contributed by atoms with Gasteiger partial charge in [0, 0.05) is 25.9 Å². The summed E-state index contributed by atoms with van der Waals surface area (Å²) in [7, 11) is 0. The van der Waals surface area contributed by atoms with Crippen LogP contribution in [0.1, 0.15) is 45.6 Å². The first kappa shape index (κ1) is 22.5. The molecule has 1 heterocycles. The SMILES string of the molecule is CC(C)(C)OC(=O)Nc1ccc(C(F)(F)F)cc1NC(=O)CCN1CCCC1=O. The lowest BCUT2D eigenvalue weighted by Gasteiger charge is -2.21. The summed E-state index contributed by atoms with van der Waals surface area (Å²) in [5.74, 6) is -0.625. The van der Waals surface area contributed by atoms with Gasteiger partial charge in [-0.1, -0.05) is 0 Å². The second kappa shape index (κ2) is 8.71. The Morgan fingerprint density at radius 2 is 1.83 bits per heavy atom. The minimum absolute atomic E-state index is 0.0298. The second-order valence-corrected chi connectivity index (χ2v) is 7.67. The molecule has 1 saturated heterocycles. The van der Waals surface area contributed by atoms with E-state index in [-0.39, 0.29) is 30.2 Å². The number of nitrogens with zero attached hydrogens (tertiary/aromatic N) is 1. The average Bonchev–Trinajstić information content (AvgIpc) is 2.97. The molecule has 7 nitrogen and oxygen atoms in total. The van der Waals surface area contributed by atoms with Crippen LogP contribution in [-0.4, -0.2) is 41.5 Å². The van der Waals surface area contributed by atoms with Crippen LogP contribution in [0.2, 0.25) is 0 Å². The van der Waals surface area contributed by atoms with Crippen molar-refractivity contribution in [3.63, 3.8) is 0 Å². The van der Waals surface area contributed by atoms with Gasteiger partial charge in [0.2, 0.25) is 11.8 Å². The Labute approximate surface area is 166 Å². The van der Waals surface area contributed by atoms with Crippen LogP contribution in [0.3, 0.4) is 0 Å². The maximum absolute atomic E-state index is 13.0. The topological polar surface area (TPSA) is 87.7 Å². The quantitative estimate of drug-likeness (QED) is 0.761. The summed E-state index contributed by atoms with van der Waals surface area (Å²) in [6.45, 7) is 5.66. The van der Waals surface area contributed by atoms with E-state index in [1.54, 1.807) is 20.8 Å². The predicted molar refractivity (Wildman–Crippen MR) is 100 cm³/mol. The summed E-state index contributed by atoms with van der Waals surface area (Å²) in [4.78, 5) is 37.3. The lowest BCUT2D eigenvalue weighted by atomic mass is 10.1. The normalized spacial score (nSPS) is 14.7. The molecule has 0 aliphatic carbocycles. The van der Waals surface area contributed by atoms with Crippen LogP contribution in [0, 0.1) is 0 Å². The fourth-order valence-corrected chi connectivity index (χ4v) is 2.74. The molecule has 2 rings (SSSR count). The smallest absolute Gasteiger partial charge is 0.416 e. The first-order valence-corrected chi connectivity index (χ1v) is 9.14. The van der Waals surface area contributed by atoms with Crippen LogP contribution in [0.25, 0.3) is 0 Å². The molecule has 1 aliphatic heterocycles. The maximum atomic E-state index is 13.0. The lowest BCUT2D eigenvalue weighted by molar-refractivity contribution is -0.137. The second-order valence-electron chi connectivity index (χ2n) is 7.67. The Morgan fingerprint density at radius 3 is 2.38 bits per heavy atom. The number of benzene rings is 1. The van der Waals surface area contributed by atoms with E-state index in [1.807, 2.05) is 0 Å². The number of ether oxygens (including phenoxy) is 1. The standard InChI is InChI=1S/C19H24F3N3O4/c1-18(2,3)29-17(28)24-13-7-6-12(19(20,21)22)11-14(13)23-15(26)8-10-25-9-4-5-16(25)27/h6-7,11H,4-5,8-10H2,1-3H3,(H,23,26)(H,24,28). The summed E-state index contributed by atoms with van der Waals surface area (Å²) in [6, 6.07) is 2.59. The predicted octanol–water partition coefficient (Wildman–Crippen LogP) is 4.00. The van der Waals surface area contributed by atoms with Gasteiger partial charge < -0.3 is 15.0 Å². The highest BCUT2D eigenvalue weighted by Crippen LogP contribution is 2.34. The highest BCUT2D eigenvalue weighted by Gasteiger charge is 2.31. The maximum Gasteiger partial charge on any atom is 0.416 e. The van der Waals surface area contributed by atoms with Gasteiger partial charge in [-0.15, -0.1) is 0 Å². The highest BCUT2D eigenvalue weighted by molar-refractivity contribution is 5.98. The molecule has 0 unspecified atom stereocenters. The zero-order valence-electron chi connectivity index (χ0n) is 16.5. The fraction of sp³-hybridized carbons (Fsp3) is 0.526.